The molecule has 0 atom stereocenters. The summed E-state index contributed by atoms with van der Waals surface area (Å²) in [6, 6.07) is 5.44. The summed E-state index contributed by atoms with van der Waals surface area (Å²) < 4.78 is 7.66. The van der Waals surface area contributed by atoms with Crippen LogP contribution >= 0.6 is 0 Å². The SMILES string of the molecule is [c]1cncc(-c2nc(C3CCOCC3)n(C3CCC3)n2)c1. The van der Waals surface area contributed by atoms with Crippen molar-refractivity contribution in [2.45, 2.75) is 44.1 Å². The van der Waals surface area contributed by atoms with E-state index >= 15 is 0 Å². The second-order valence-corrected chi connectivity index (χ2v) is 5.88. The summed E-state index contributed by atoms with van der Waals surface area (Å²) >= 11 is 0. The van der Waals surface area contributed by atoms with Gasteiger partial charge in [-0.05, 0) is 38.2 Å². The van der Waals surface area contributed by atoms with Crippen LogP contribution < -0.4 is 0 Å². The normalized spacial score (nSPS) is 20.4. The van der Waals surface area contributed by atoms with Crippen LogP contribution in [0.25, 0.3) is 11.4 Å². The molecule has 0 N–H and O–H groups in total. The third-order valence-electron chi connectivity index (χ3n) is 4.52. The van der Waals surface area contributed by atoms with Crippen molar-refractivity contribution in [1.82, 2.24) is 19.7 Å². The fourth-order valence-corrected chi connectivity index (χ4v) is 3.04. The van der Waals surface area contributed by atoms with E-state index in [0.29, 0.717) is 12.0 Å². The number of aromatic nitrogens is 4. The number of pyridine rings is 1. The summed E-state index contributed by atoms with van der Waals surface area (Å²) in [5, 5.41) is 4.78. The first-order valence-corrected chi connectivity index (χ1v) is 7.77. The van der Waals surface area contributed by atoms with Crippen LogP contribution in [-0.2, 0) is 4.74 Å². The van der Waals surface area contributed by atoms with Gasteiger partial charge in [-0.25, -0.2) is 9.67 Å². The Morgan fingerprint density at radius 2 is 2.05 bits per heavy atom. The fourth-order valence-electron chi connectivity index (χ4n) is 3.04. The van der Waals surface area contributed by atoms with Crippen LogP contribution in [0.2, 0.25) is 0 Å². The van der Waals surface area contributed by atoms with Crippen molar-refractivity contribution < 1.29 is 4.74 Å². The molecule has 0 spiro atoms. The smallest absolute Gasteiger partial charge is 0.182 e. The Morgan fingerprint density at radius 1 is 1.19 bits per heavy atom. The number of hydrogen-bond acceptors (Lipinski definition) is 4. The minimum atomic E-state index is 0.473. The highest BCUT2D eigenvalue weighted by Crippen LogP contribution is 2.36. The highest BCUT2D eigenvalue weighted by atomic mass is 16.5. The lowest BCUT2D eigenvalue weighted by Crippen LogP contribution is -2.24. The van der Waals surface area contributed by atoms with Crippen LogP contribution in [0, 0.1) is 6.07 Å². The van der Waals surface area contributed by atoms with E-state index in [-0.39, 0.29) is 0 Å². The van der Waals surface area contributed by atoms with Gasteiger partial charge in [0.15, 0.2) is 5.82 Å². The number of rotatable bonds is 3. The Morgan fingerprint density at radius 3 is 2.71 bits per heavy atom. The summed E-state index contributed by atoms with van der Waals surface area (Å²) in [7, 11) is 0. The second-order valence-electron chi connectivity index (χ2n) is 5.88. The maximum Gasteiger partial charge on any atom is 0.182 e. The molecule has 1 saturated carbocycles. The van der Waals surface area contributed by atoms with Gasteiger partial charge in [0.1, 0.15) is 5.82 Å². The molecule has 0 unspecified atom stereocenters. The minimum absolute atomic E-state index is 0.473. The second kappa shape index (κ2) is 5.56. The van der Waals surface area contributed by atoms with E-state index in [9.17, 15) is 0 Å². The van der Waals surface area contributed by atoms with E-state index in [0.717, 1.165) is 43.3 Å². The van der Waals surface area contributed by atoms with Gasteiger partial charge in [-0.3, -0.25) is 4.98 Å². The van der Waals surface area contributed by atoms with Gasteiger partial charge >= 0.3 is 0 Å². The van der Waals surface area contributed by atoms with Gasteiger partial charge < -0.3 is 4.74 Å². The molecule has 109 valence electrons. The summed E-state index contributed by atoms with van der Waals surface area (Å²) in [6.07, 6.45) is 9.30. The molecule has 2 aliphatic rings. The van der Waals surface area contributed by atoms with Gasteiger partial charge in [-0.1, -0.05) is 0 Å². The molecule has 0 bridgehead atoms. The van der Waals surface area contributed by atoms with Gasteiger partial charge in [0.2, 0.25) is 0 Å². The van der Waals surface area contributed by atoms with Crippen LogP contribution in [-0.4, -0.2) is 33.0 Å². The van der Waals surface area contributed by atoms with E-state index < -0.39 is 0 Å². The molecule has 1 aliphatic heterocycles. The van der Waals surface area contributed by atoms with E-state index in [1.54, 1.807) is 6.20 Å². The average Bonchev–Trinajstić information content (AvgIpc) is 2.92. The third-order valence-corrected chi connectivity index (χ3v) is 4.52. The Hall–Kier alpha value is -1.75. The Labute approximate surface area is 124 Å². The zero-order valence-electron chi connectivity index (χ0n) is 12.0. The molecule has 2 fully saturated rings. The third kappa shape index (κ3) is 2.46. The van der Waals surface area contributed by atoms with Crippen molar-refractivity contribution in [3.8, 4) is 11.4 Å². The molecule has 0 aromatic carbocycles. The van der Waals surface area contributed by atoms with Crippen molar-refractivity contribution in [2.24, 2.45) is 0 Å². The summed E-state index contributed by atoms with van der Waals surface area (Å²) in [4.78, 5) is 8.97. The maximum absolute atomic E-state index is 5.48. The van der Waals surface area contributed by atoms with E-state index in [1.165, 1.54) is 19.3 Å². The fraction of sp³-hybridized carbons (Fsp3) is 0.562. The van der Waals surface area contributed by atoms with Crippen molar-refractivity contribution in [3.63, 3.8) is 0 Å². The molecule has 3 heterocycles. The number of nitrogens with zero attached hydrogens (tertiary/aromatic N) is 4. The topological polar surface area (TPSA) is 52.8 Å². The Bertz CT molecular complexity index is 600. The largest absolute Gasteiger partial charge is 0.381 e. The lowest BCUT2D eigenvalue weighted by molar-refractivity contribution is 0.0813. The molecule has 0 amide bonds. The van der Waals surface area contributed by atoms with Crippen LogP contribution in [0.15, 0.2) is 18.5 Å². The van der Waals surface area contributed by atoms with Gasteiger partial charge in [0.05, 0.1) is 6.04 Å². The van der Waals surface area contributed by atoms with Crippen LogP contribution in [0.4, 0.5) is 0 Å². The predicted molar refractivity (Wildman–Crippen MR) is 77.8 cm³/mol. The van der Waals surface area contributed by atoms with Crippen molar-refractivity contribution in [1.29, 1.82) is 0 Å². The highest BCUT2D eigenvalue weighted by molar-refractivity contribution is 5.52. The first kappa shape index (κ1) is 13.0. The molecule has 21 heavy (non-hydrogen) atoms. The number of ether oxygens (including phenoxy) is 1. The quantitative estimate of drug-likeness (QED) is 0.869. The van der Waals surface area contributed by atoms with Gasteiger partial charge in [-0.15, -0.1) is 0 Å². The first-order chi connectivity index (χ1) is 10.4. The zero-order valence-corrected chi connectivity index (χ0v) is 12.0. The lowest BCUT2D eigenvalue weighted by atomic mass is 9.92. The highest BCUT2D eigenvalue weighted by Gasteiger charge is 2.29. The molecular weight excluding hydrogens is 264 g/mol. The summed E-state index contributed by atoms with van der Waals surface area (Å²) in [5.41, 5.74) is 0.948. The van der Waals surface area contributed by atoms with Crippen LogP contribution in [0.5, 0.6) is 0 Å². The molecule has 4 rings (SSSR count). The van der Waals surface area contributed by atoms with Crippen molar-refractivity contribution in [3.05, 3.63) is 30.4 Å². The van der Waals surface area contributed by atoms with Crippen LogP contribution in [0.3, 0.4) is 0 Å². The molecule has 2 aromatic heterocycles. The lowest BCUT2D eigenvalue weighted by Gasteiger charge is -2.29. The minimum Gasteiger partial charge on any atom is -0.381 e. The summed E-state index contributed by atoms with van der Waals surface area (Å²) in [5.74, 6) is 2.40. The first-order valence-electron chi connectivity index (χ1n) is 7.77. The molecule has 5 heteroatoms. The average molecular weight is 283 g/mol. The van der Waals surface area contributed by atoms with Crippen molar-refractivity contribution >= 4 is 0 Å². The van der Waals surface area contributed by atoms with Gasteiger partial charge in [-0.2, -0.15) is 5.10 Å². The molecule has 2 aromatic rings. The van der Waals surface area contributed by atoms with E-state index in [4.69, 9.17) is 14.8 Å². The Kier molecular flexibility index (Phi) is 3.43. The van der Waals surface area contributed by atoms with Crippen molar-refractivity contribution in [2.75, 3.05) is 13.2 Å². The zero-order chi connectivity index (χ0) is 14.1. The van der Waals surface area contributed by atoms with Gasteiger partial charge in [0, 0.05) is 43.2 Å². The standard InChI is InChI=1S/C16H19N4O/c1-4-14(5-1)20-16(12-6-9-21-10-7-12)18-15(19-20)13-3-2-8-17-11-13/h3,8,11-12,14H,1,4-7,9-10H2. The Balaban J connectivity index is 1.71. The maximum atomic E-state index is 5.48. The van der Waals surface area contributed by atoms with Crippen LogP contribution in [0.1, 0.15) is 49.9 Å². The van der Waals surface area contributed by atoms with E-state index in [2.05, 4.69) is 15.7 Å². The molecule has 1 saturated heterocycles. The van der Waals surface area contributed by atoms with Gasteiger partial charge in [0.25, 0.3) is 0 Å². The number of hydrogen-bond donors (Lipinski definition) is 0. The molecule has 1 aliphatic carbocycles. The monoisotopic (exact) mass is 283 g/mol. The predicted octanol–water partition coefficient (Wildman–Crippen LogP) is 2.76. The van der Waals surface area contributed by atoms with E-state index in [1.807, 2.05) is 12.3 Å². The summed E-state index contributed by atoms with van der Waals surface area (Å²) in [6.45, 7) is 1.66. The molecular formula is C16H19N4O. The molecule has 5 nitrogen and oxygen atoms in total. The molecule has 1 radical (unpaired) electrons.